The largest absolute Gasteiger partial charge is 0.395 e. The van der Waals surface area contributed by atoms with E-state index in [-0.39, 0.29) is 19.8 Å². The van der Waals surface area contributed by atoms with E-state index in [1.54, 1.807) is 4.90 Å². The van der Waals surface area contributed by atoms with Crippen molar-refractivity contribution in [1.29, 1.82) is 0 Å². The molecular weight excluding hydrogens is 206 g/mol. The molecule has 0 aromatic rings. The second-order valence-electron chi connectivity index (χ2n) is 3.12. The Kier molecular flexibility index (Phi) is 7.79. The molecule has 0 heterocycles. The molecule has 0 saturated carbocycles. The van der Waals surface area contributed by atoms with Crippen molar-refractivity contribution in [3.63, 3.8) is 0 Å². The fourth-order valence-corrected chi connectivity index (χ4v) is 1.02. The Balaban J connectivity index is 3.52. The summed E-state index contributed by atoms with van der Waals surface area (Å²) in [5.74, 6) is -2.81. The zero-order valence-corrected chi connectivity index (χ0v) is 8.54. The normalized spacial score (nSPS) is 12.4. The third-order valence-corrected chi connectivity index (χ3v) is 1.68. The van der Waals surface area contributed by atoms with Crippen LogP contribution in [0.5, 0.6) is 0 Å². The van der Waals surface area contributed by atoms with Gasteiger partial charge < -0.3 is 30.3 Å². The van der Waals surface area contributed by atoms with Gasteiger partial charge in [0.05, 0.1) is 19.8 Å². The molecule has 0 aliphatic carbocycles. The zero-order chi connectivity index (χ0) is 11.7. The molecule has 0 amide bonds. The predicted molar refractivity (Wildman–Crippen MR) is 50.8 cm³/mol. The maximum Gasteiger partial charge on any atom is 0.300 e. The summed E-state index contributed by atoms with van der Waals surface area (Å²) in [5.41, 5.74) is 0. The Bertz CT molecular complexity index is 143. The molecule has 92 valence electrons. The Morgan fingerprint density at radius 1 is 0.933 bits per heavy atom. The summed E-state index contributed by atoms with van der Waals surface area (Å²) >= 11 is 0. The maximum atomic E-state index is 8.66. The third-order valence-electron chi connectivity index (χ3n) is 1.68. The average Bonchev–Trinajstić information content (AvgIpc) is 2.11. The first-order chi connectivity index (χ1) is 6.99. The summed E-state index contributed by atoms with van der Waals surface area (Å²) < 4.78 is 4.77. The molecular formula is C8H19NO6. The molecule has 0 unspecified atom stereocenters. The number of rotatable bonds is 9. The lowest BCUT2D eigenvalue weighted by Crippen LogP contribution is -2.36. The lowest BCUT2D eigenvalue weighted by atomic mass is 10.4. The molecule has 0 bridgehead atoms. The summed E-state index contributed by atoms with van der Waals surface area (Å²) in [5, 5.41) is 42.8. The molecule has 7 heteroatoms. The molecule has 5 N–H and O–H groups in total. The highest BCUT2D eigenvalue weighted by Gasteiger charge is 2.17. The molecule has 0 fully saturated rings. The molecule has 0 atom stereocenters. The Labute approximate surface area is 88.1 Å². The van der Waals surface area contributed by atoms with Crippen molar-refractivity contribution < 1.29 is 30.3 Å². The summed E-state index contributed by atoms with van der Waals surface area (Å²) in [7, 11) is 0. The molecule has 0 saturated heterocycles. The fourth-order valence-electron chi connectivity index (χ4n) is 1.02. The number of nitrogens with zero attached hydrogens (tertiary/aromatic N) is 1. The highest BCUT2D eigenvalue weighted by Crippen LogP contribution is 1.94. The zero-order valence-electron chi connectivity index (χ0n) is 8.54. The van der Waals surface area contributed by atoms with E-state index in [0.717, 1.165) is 0 Å². The van der Waals surface area contributed by atoms with Crippen LogP contribution in [0.25, 0.3) is 0 Å². The monoisotopic (exact) mass is 225 g/mol. The fraction of sp³-hybridized carbons (Fsp3) is 1.00. The Morgan fingerprint density at radius 3 is 1.87 bits per heavy atom. The van der Waals surface area contributed by atoms with Crippen LogP contribution in [0.1, 0.15) is 0 Å². The first kappa shape index (κ1) is 14.7. The van der Waals surface area contributed by atoms with E-state index < -0.39 is 12.6 Å². The van der Waals surface area contributed by atoms with Crippen molar-refractivity contribution in [2.24, 2.45) is 0 Å². The summed E-state index contributed by atoms with van der Waals surface area (Å²) in [6.45, 7) is 0.770. The van der Waals surface area contributed by atoms with E-state index in [1.165, 1.54) is 0 Å². The van der Waals surface area contributed by atoms with Crippen LogP contribution in [0.4, 0.5) is 0 Å². The van der Waals surface area contributed by atoms with Gasteiger partial charge in [-0.1, -0.05) is 0 Å². The van der Waals surface area contributed by atoms with Crippen LogP contribution in [0.15, 0.2) is 0 Å². The Morgan fingerprint density at radius 2 is 1.47 bits per heavy atom. The van der Waals surface area contributed by atoms with Crippen LogP contribution < -0.4 is 0 Å². The van der Waals surface area contributed by atoms with E-state index in [1.807, 2.05) is 0 Å². The van der Waals surface area contributed by atoms with Crippen molar-refractivity contribution >= 4 is 0 Å². The van der Waals surface area contributed by atoms with Crippen molar-refractivity contribution in [2.75, 3.05) is 46.1 Å². The third kappa shape index (κ3) is 10.0. The average molecular weight is 225 g/mol. The van der Waals surface area contributed by atoms with Gasteiger partial charge in [0, 0.05) is 19.6 Å². The maximum absolute atomic E-state index is 8.66. The van der Waals surface area contributed by atoms with Crippen LogP contribution in [-0.2, 0) is 4.74 Å². The predicted octanol–water partition coefficient (Wildman–Crippen LogP) is -3.08. The van der Waals surface area contributed by atoms with Crippen LogP contribution in [0, 0.1) is 0 Å². The van der Waals surface area contributed by atoms with Gasteiger partial charge in [-0.15, -0.1) is 0 Å². The van der Waals surface area contributed by atoms with Gasteiger partial charge in [0.15, 0.2) is 0 Å². The van der Waals surface area contributed by atoms with Gasteiger partial charge in [-0.2, -0.15) is 0 Å². The smallest absolute Gasteiger partial charge is 0.300 e. The van der Waals surface area contributed by atoms with Crippen molar-refractivity contribution in [3.8, 4) is 0 Å². The minimum atomic E-state index is -2.81. The molecule has 0 aromatic carbocycles. The van der Waals surface area contributed by atoms with Gasteiger partial charge in [-0.3, -0.25) is 4.90 Å². The summed E-state index contributed by atoms with van der Waals surface area (Å²) in [6, 6.07) is 0. The summed E-state index contributed by atoms with van der Waals surface area (Å²) in [6.07, 6.45) is 0. The molecule has 0 aromatic heterocycles. The number of hydrogen-bond donors (Lipinski definition) is 5. The molecule has 0 spiro atoms. The van der Waals surface area contributed by atoms with Gasteiger partial charge in [0.2, 0.25) is 0 Å². The topological polar surface area (TPSA) is 114 Å². The lowest BCUT2D eigenvalue weighted by molar-refractivity contribution is -0.331. The van der Waals surface area contributed by atoms with Gasteiger partial charge >= 0.3 is 0 Å². The van der Waals surface area contributed by atoms with Gasteiger partial charge in [0.25, 0.3) is 5.97 Å². The van der Waals surface area contributed by atoms with E-state index in [4.69, 9.17) is 30.3 Å². The van der Waals surface area contributed by atoms with Gasteiger partial charge in [0.1, 0.15) is 6.61 Å². The second-order valence-corrected chi connectivity index (χ2v) is 3.12. The van der Waals surface area contributed by atoms with E-state index in [0.29, 0.717) is 19.6 Å². The molecule has 0 rings (SSSR count). The molecule has 7 nitrogen and oxygen atoms in total. The summed E-state index contributed by atoms with van der Waals surface area (Å²) in [4.78, 5) is 1.74. The first-order valence-electron chi connectivity index (χ1n) is 4.68. The number of aliphatic hydroxyl groups is 5. The minimum Gasteiger partial charge on any atom is -0.395 e. The lowest BCUT2D eigenvalue weighted by Gasteiger charge is -2.20. The van der Waals surface area contributed by atoms with Crippen LogP contribution in [-0.4, -0.2) is 82.5 Å². The molecule has 0 aliphatic heterocycles. The van der Waals surface area contributed by atoms with E-state index >= 15 is 0 Å². The van der Waals surface area contributed by atoms with Crippen LogP contribution >= 0.6 is 0 Å². The standard InChI is InChI=1S/C8H19NO6/c10-4-1-9(2-5-11)3-6-15-7-8(12,13)14/h10-14H,1-7H2. The van der Waals surface area contributed by atoms with E-state index in [9.17, 15) is 0 Å². The van der Waals surface area contributed by atoms with Gasteiger partial charge in [-0.05, 0) is 0 Å². The highest BCUT2D eigenvalue weighted by atomic mass is 16.7. The molecule has 0 radical (unpaired) electrons. The highest BCUT2D eigenvalue weighted by molar-refractivity contribution is 4.55. The van der Waals surface area contributed by atoms with Crippen molar-refractivity contribution in [1.82, 2.24) is 4.90 Å². The van der Waals surface area contributed by atoms with E-state index in [2.05, 4.69) is 0 Å². The number of hydrogen-bond acceptors (Lipinski definition) is 7. The van der Waals surface area contributed by atoms with Crippen molar-refractivity contribution in [2.45, 2.75) is 5.97 Å². The SMILES string of the molecule is OCCN(CCO)CCOCC(O)(O)O. The first-order valence-corrected chi connectivity index (χ1v) is 4.68. The van der Waals surface area contributed by atoms with Crippen LogP contribution in [0.3, 0.4) is 0 Å². The van der Waals surface area contributed by atoms with Crippen LogP contribution in [0.2, 0.25) is 0 Å². The van der Waals surface area contributed by atoms with Gasteiger partial charge in [-0.25, -0.2) is 0 Å². The Hall–Kier alpha value is -0.280. The quantitative estimate of drug-likeness (QED) is 0.209. The second kappa shape index (κ2) is 7.94. The number of ether oxygens (including phenoxy) is 1. The van der Waals surface area contributed by atoms with Crippen molar-refractivity contribution in [3.05, 3.63) is 0 Å². The molecule has 15 heavy (non-hydrogen) atoms. The number of aliphatic hydroxyl groups excluding tert-OH is 2. The minimum absolute atomic E-state index is 0.0239. The molecule has 0 aliphatic rings.